The predicted octanol–water partition coefficient (Wildman–Crippen LogP) is 2.33. The van der Waals surface area contributed by atoms with Crippen LogP contribution in [0.15, 0.2) is 30.7 Å². The van der Waals surface area contributed by atoms with Crippen LogP contribution in [0.3, 0.4) is 0 Å². The summed E-state index contributed by atoms with van der Waals surface area (Å²) >= 11 is 0. The van der Waals surface area contributed by atoms with Gasteiger partial charge in [-0.15, -0.1) is 5.10 Å². The Morgan fingerprint density at radius 3 is 2.81 bits per heavy atom. The third kappa shape index (κ3) is 5.11. The first kappa shape index (κ1) is 18.5. The average molecular weight is 356 g/mol. The highest BCUT2D eigenvalue weighted by Crippen LogP contribution is 2.28. The first-order chi connectivity index (χ1) is 12.6. The van der Waals surface area contributed by atoms with Gasteiger partial charge in [-0.05, 0) is 43.2 Å². The molecular formula is C19H28N6O. The fraction of sp³-hybridized carbons (Fsp3) is 0.579. The molecule has 7 nitrogen and oxygen atoms in total. The minimum absolute atomic E-state index is 0.142. The van der Waals surface area contributed by atoms with Crippen LogP contribution >= 0.6 is 0 Å². The maximum absolute atomic E-state index is 12.1. The van der Waals surface area contributed by atoms with Gasteiger partial charge in [0.05, 0.1) is 12.2 Å². The Labute approximate surface area is 154 Å². The zero-order valence-corrected chi connectivity index (χ0v) is 15.6. The van der Waals surface area contributed by atoms with Crippen molar-refractivity contribution in [2.45, 2.75) is 58.2 Å². The highest BCUT2D eigenvalue weighted by atomic mass is 16.2. The van der Waals surface area contributed by atoms with Crippen LogP contribution in [0.2, 0.25) is 0 Å². The third-order valence-corrected chi connectivity index (χ3v) is 4.80. The topological polar surface area (TPSA) is 84.7 Å². The van der Waals surface area contributed by atoms with Crippen molar-refractivity contribution < 1.29 is 4.79 Å². The van der Waals surface area contributed by atoms with Crippen LogP contribution in [0.25, 0.3) is 0 Å². The van der Waals surface area contributed by atoms with E-state index in [0.717, 1.165) is 32.2 Å². The van der Waals surface area contributed by atoms with Crippen molar-refractivity contribution in [1.82, 2.24) is 30.6 Å². The molecule has 26 heavy (non-hydrogen) atoms. The summed E-state index contributed by atoms with van der Waals surface area (Å²) in [5, 5.41) is 14.7. The molecule has 0 radical (unpaired) electrons. The van der Waals surface area contributed by atoms with Crippen LogP contribution < -0.4 is 10.6 Å². The number of nitrogens with zero attached hydrogens (tertiary/aromatic N) is 4. The fourth-order valence-corrected chi connectivity index (χ4v) is 3.26. The zero-order valence-electron chi connectivity index (χ0n) is 15.6. The molecule has 1 saturated carbocycles. The molecule has 2 aromatic rings. The van der Waals surface area contributed by atoms with Crippen molar-refractivity contribution in [3.05, 3.63) is 42.0 Å². The van der Waals surface area contributed by atoms with Crippen LogP contribution in [-0.4, -0.2) is 38.5 Å². The van der Waals surface area contributed by atoms with Crippen LogP contribution in [0, 0.1) is 5.92 Å². The van der Waals surface area contributed by atoms with Crippen molar-refractivity contribution >= 4 is 5.91 Å². The maximum atomic E-state index is 12.1. The second kappa shape index (κ2) is 8.89. The standard InChI is InChI=1S/C19H28N6O/c1-14(2)10-22-19(26)18-13-25(24-23-18)17-7-5-16(6-8-17)21-12-15-4-3-9-20-11-15/h3-4,9,11,13-14,16-17,21H,5-8,10,12H2,1-2H3,(H,22,26). The molecule has 1 fully saturated rings. The number of hydrogen-bond acceptors (Lipinski definition) is 5. The van der Waals surface area contributed by atoms with E-state index in [0.29, 0.717) is 30.2 Å². The molecule has 7 heteroatoms. The van der Waals surface area contributed by atoms with Crippen molar-refractivity contribution in [3.63, 3.8) is 0 Å². The predicted molar refractivity (Wildman–Crippen MR) is 99.6 cm³/mol. The number of pyridine rings is 1. The lowest BCUT2D eigenvalue weighted by atomic mass is 9.91. The van der Waals surface area contributed by atoms with Crippen molar-refractivity contribution in [2.24, 2.45) is 5.92 Å². The van der Waals surface area contributed by atoms with E-state index in [1.165, 1.54) is 5.56 Å². The Balaban J connectivity index is 1.45. The van der Waals surface area contributed by atoms with E-state index < -0.39 is 0 Å². The Bertz CT molecular complexity index is 691. The number of nitrogens with one attached hydrogen (secondary N) is 2. The molecule has 0 aromatic carbocycles. The molecule has 2 N–H and O–H groups in total. The molecule has 1 aliphatic carbocycles. The Kier molecular flexibility index (Phi) is 6.33. The van der Waals surface area contributed by atoms with Gasteiger partial charge in [-0.25, -0.2) is 4.68 Å². The SMILES string of the molecule is CC(C)CNC(=O)c1cn(C2CCC(NCc3cccnc3)CC2)nn1. The molecule has 0 saturated heterocycles. The van der Waals surface area contributed by atoms with Gasteiger partial charge in [0, 0.05) is 31.5 Å². The van der Waals surface area contributed by atoms with Gasteiger partial charge in [0.25, 0.3) is 5.91 Å². The molecule has 1 aliphatic rings. The zero-order chi connectivity index (χ0) is 18.4. The highest BCUT2D eigenvalue weighted by molar-refractivity contribution is 5.91. The van der Waals surface area contributed by atoms with Crippen LogP contribution in [0.5, 0.6) is 0 Å². The van der Waals surface area contributed by atoms with Gasteiger partial charge in [0.2, 0.25) is 0 Å². The van der Waals surface area contributed by atoms with E-state index in [4.69, 9.17) is 0 Å². The molecule has 3 rings (SSSR count). The van der Waals surface area contributed by atoms with Crippen molar-refractivity contribution in [2.75, 3.05) is 6.54 Å². The summed E-state index contributed by atoms with van der Waals surface area (Å²) in [4.78, 5) is 16.2. The number of hydrogen-bond donors (Lipinski definition) is 2. The smallest absolute Gasteiger partial charge is 0.273 e. The summed E-state index contributed by atoms with van der Waals surface area (Å²) in [6, 6.07) is 4.90. The van der Waals surface area contributed by atoms with Gasteiger partial charge in [-0.1, -0.05) is 25.1 Å². The number of carbonyl (C=O) groups is 1. The Hall–Kier alpha value is -2.28. The summed E-state index contributed by atoms with van der Waals surface area (Å²) < 4.78 is 1.86. The monoisotopic (exact) mass is 356 g/mol. The Morgan fingerprint density at radius 1 is 1.31 bits per heavy atom. The Morgan fingerprint density at radius 2 is 2.12 bits per heavy atom. The first-order valence-electron chi connectivity index (χ1n) is 9.44. The molecule has 0 atom stereocenters. The lowest BCUT2D eigenvalue weighted by Gasteiger charge is -2.29. The van der Waals surface area contributed by atoms with E-state index in [2.05, 4.69) is 45.8 Å². The second-order valence-corrected chi connectivity index (χ2v) is 7.44. The summed E-state index contributed by atoms with van der Waals surface area (Å²) in [7, 11) is 0. The molecule has 2 heterocycles. The van der Waals surface area contributed by atoms with Gasteiger partial charge in [0.15, 0.2) is 5.69 Å². The quantitative estimate of drug-likeness (QED) is 0.795. The molecule has 0 unspecified atom stereocenters. The number of carbonyl (C=O) groups excluding carboxylic acids is 1. The summed E-state index contributed by atoms with van der Waals surface area (Å²) in [5.41, 5.74) is 1.62. The fourth-order valence-electron chi connectivity index (χ4n) is 3.26. The molecular weight excluding hydrogens is 328 g/mol. The normalized spacial score (nSPS) is 20.3. The van der Waals surface area contributed by atoms with E-state index in [9.17, 15) is 4.79 Å². The van der Waals surface area contributed by atoms with Crippen molar-refractivity contribution in [3.8, 4) is 0 Å². The van der Waals surface area contributed by atoms with Gasteiger partial charge >= 0.3 is 0 Å². The lowest BCUT2D eigenvalue weighted by molar-refractivity contribution is 0.0944. The van der Waals surface area contributed by atoms with Crippen LogP contribution in [0.4, 0.5) is 0 Å². The number of rotatable bonds is 7. The van der Waals surface area contributed by atoms with E-state index in [1.807, 2.05) is 16.9 Å². The van der Waals surface area contributed by atoms with Gasteiger partial charge < -0.3 is 10.6 Å². The molecule has 2 aromatic heterocycles. The van der Waals surface area contributed by atoms with E-state index in [-0.39, 0.29) is 5.91 Å². The molecule has 140 valence electrons. The van der Waals surface area contributed by atoms with Gasteiger partial charge in [-0.2, -0.15) is 0 Å². The van der Waals surface area contributed by atoms with Crippen LogP contribution in [-0.2, 0) is 6.54 Å². The molecule has 0 aliphatic heterocycles. The minimum atomic E-state index is -0.142. The summed E-state index contributed by atoms with van der Waals surface area (Å²) in [6.07, 6.45) is 9.76. The number of aromatic nitrogens is 4. The summed E-state index contributed by atoms with van der Waals surface area (Å²) in [6.45, 7) is 5.64. The molecule has 0 spiro atoms. The number of amides is 1. The van der Waals surface area contributed by atoms with Crippen molar-refractivity contribution in [1.29, 1.82) is 0 Å². The van der Waals surface area contributed by atoms with Crippen LogP contribution in [0.1, 0.15) is 61.6 Å². The lowest BCUT2D eigenvalue weighted by Crippen LogP contribution is -2.33. The largest absolute Gasteiger partial charge is 0.350 e. The third-order valence-electron chi connectivity index (χ3n) is 4.80. The minimum Gasteiger partial charge on any atom is -0.350 e. The van der Waals surface area contributed by atoms with E-state index >= 15 is 0 Å². The second-order valence-electron chi connectivity index (χ2n) is 7.44. The maximum Gasteiger partial charge on any atom is 0.273 e. The first-order valence-corrected chi connectivity index (χ1v) is 9.44. The average Bonchev–Trinajstić information content (AvgIpc) is 3.16. The molecule has 1 amide bonds. The van der Waals surface area contributed by atoms with E-state index in [1.54, 1.807) is 12.4 Å². The summed E-state index contributed by atoms with van der Waals surface area (Å²) in [5.74, 6) is 0.278. The highest BCUT2D eigenvalue weighted by Gasteiger charge is 2.24. The molecule has 0 bridgehead atoms. The van der Waals surface area contributed by atoms with Gasteiger partial charge in [0.1, 0.15) is 0 Å². The van der Waals surface area contributed by atoms with Gasteiger partial charge in [-0.3, -0.25) is 9.78 Å².